The fourth-order valence-corrected chi connectivity index (χ4v) is 7.98. The van der Waals surface area contributed by atoms with Crippen LogP contribution in [0, 0.1) is 24.0 Å². The van der Waals surface area contributed by atoms with Gasteiger partial charge in [0.1, 0.15) is 0 Å². The van der Waals surface area contributed by atoms with Crippen LogP contribution in [0.4, 0.5) is 13.2 Å². The second-order valence-corrected chi connectivity index (χ2v) is 12.2. The van der Waals surface area contributed by atoms with Gasteiger partial charge in [-0.05, 0) is 36.1 Å². The maximum atomic E-state index is 13.4. The fourth-order valence-electron chi connectivity index (χ4n) is 3.54. The topological polar surface area (TPSA) is 43.1 Å². The molecule has 0 fully saturated rings. The molecule has 8 heteroatoms. The Morgan fingerprint density at radius 3 is 1.84 bits per heavy atom. The molecule has 0 radical (unpaired) electrons. The summed E-state index contributed by atoms with van der Waals surface area (Å²) >= 11 is 6.21. The van der Waals surface area contributed by atoms with Gasteiger partial charge < -0.3 is 0 Å². The minimum absolute atomic E-state index is 0.232. The lowest BCUT2D eigenvalue weighted by Crippen LogP contribution is -2.26. The van der Waals surface area contributed by atoms with E-state index in [0.29, 0.717) is 0 Å². The van der Waals surface area contributed by atoms with Crippen LogP contribution in [-0.4, -0.2) is 11.5 Å². The van der Waals surface area contributed by atoms with Crippen molar-refractivity contribution < 1.29 is 18.1 Å². The van der Waals surface area contributed by atoms with Crippen molar-refractivity contribution in [1.29, 1.82) is 0 Å². The third-order valence-corrected chi connectivity index (χ3v) is 10.7. The SMILES string of the molecule is Cc1ccc(P(=S)(c2ccc(C)cc2)[C@@H](C[N+](=O)[O-])c2cccc(C(F)(F)F)c2)cc1. The van der Waals surface area contributed by atoms with Gasteiger partial charge in [0.15, 0.2) is 0 Å². The van der Waals surface area contributed by atoms with Gasteiger partial charge in [0, 0.05) is 11.0 Å². The lowest BCUT2D eigenvalue weighted by Gasteiger charge is -2.31. The molecule has 0 saturated heterocycles. The average Bonchev–Trinajstić information content (AvgIpc) is 2.72. The molecule has 0 N–H and O–H groups in total. The molecular weight excluding hydrogens is 442 g/mol. The van der Waals surface area contributed by atoms with E-state index < -0.39 is 34.9 Å². The van der Waals surface area contributed by atoms with Crippen LogP contribution in [0.5, 0.6) is 0 Å². The number of hydrogen-bond donors (Lipinski definition) is 0. The van der Waals surface area contributed by atoms with Gasteiger partial charge in [-0.25, -0.2) is 0 Å². The van der Waals surface area contributed by atoms with Crippen molar-refractivity contribution in [1.82, 2.24) is 0 Å². The predicted octanol–water partition coefficient (Wildman–Crippen LogP) is 5.77. The Morgan fingerprint density at radius 2 is 1.42 bits per heavy atom. The summed E-state index contributed by atoms with van der Waals surface area (Å²) in [7, 11) is 0. The molecule has 0 heterocycles. The number of aryl methyl sites for hydroxylation is 2. The number of nitrogens with zero attached hydrogens (tertiary/aromatic N) is 1. The first-order chi connectivity index (χ1) is 14.5. The van der Waals surface area contributed by atoms with Gasteiger partial charge in [0.25, 0.3) is 0 Å². The molecule has 3 aromatic rings. The molecule has 162 valence electrons. The molecule has 1 atom stereocenters. The van der Waals surface area contributed by atoms with Crippen LogP contribution < -0.4 is 10.6 Å². The van der Waals surface area contributed by atoms with Crippen molar-refractivity contribution >= 4 is 28.5 Å². The normalized spacial score (nSPS) is 13.1. The molecule has 0 aliphatic carbocycles. The van der Waals surface area contributed by atoms with Crippen molar-refractivity contribution in [3.63, 3.8) is 0 Å². The summed E-state index contributed by atoms with van der Waals surface area (Å²) in [5, 5.41) is 13.1. The van der Waals surface area contributed by atoms with E-state index in [0.717, 1.165) is 33.9 Å². The van der Waals surface area contributed by atoms with Crippen molar-refractivity contribution in [2.45, 2.75) is 25.7 Å². The Labute approximate surface area is 184 Å². The Hall–Kier alpha value is -2.50. The highest BCUT2D eigenvalue weighted by Crippen LogP contribution is 2.58. The summed E-state index contributed by atoms with van der Waals surface area (Å²) in [5.74, 6) is 0. The van der Waals surface area contributed by atoms with Gasteiger partial charge in [0.2, 0.25) is 6.54 Å². The van der Waals surface area contributed by atoms with Crippen molar-refractivity contribution in [2.24, 2.45) is 0 Å². The zero-order chi connectivity index (χ0) is 22.8. The maximum Gasteiger partial charge on any atom is 0.416 e. The van der Waals surface area contributed by atoms with Gasteiger partial charge in [-0.1, -0.05) is 89.7 Å². The summed E-state index contributed by atoms with van der Waals surface area (Å²) in [6.45, 7) is 3.28. The molecule has 0 amide bonds. The summed E-state index contributed by atoms with van der Waals surface area (Å²) in [6, 6.07) is 16.7. The fraction of sp³-hybridized carbons (Fsp3) is 0.217. The molecule has 0 aliphatic rings. The quantitative estimate of drug-likeness (QED) is 0.265. The number of halogens is 3. The number of benzene rings is 3. The van der Waals surface area contributed by atoms with E-state index in [1.807, 2.05) is 62.4 Å². The number of rotatable bonds is 6. The average molecular weight is 463 g/mol. The van der Waals surface area contributed by atoms with Gasteiger partial charge >= 0.3 is 6.18 Å². The third-order valence-electron chi connectivity index (χ3n) is 5.19. The molecular formula is C23H21F3NO2PS. The van der Waals surface area contributed by atoms with Crippen LogP contribution >= 0.6 is 6.04 Å². The molecule has 3 nitrogen and oxygen atoms in total. The molecule has 0 spiro atoms. The Bertz CT molecular complexity index is 1080. The summed E-state index contributed by atoms with van der Waals surface area (Å²) in [4.78, 5) is 11.1. The Kier molecular flexibility index (Phi) is 6.68. The highest BCUT2D eigenvalue weighted by Gasteiger charge is 2.38. The van der Waals surface area contributed by atoms with Crippen molar-refractivity contribution in [3.8, 4) is 0 Å². The Balaban J connectivity index is 2.29. The van der Waals surface area contributed by atoms with E-state index in [9.17, 15) is 23.3 Å². The summed E-state index contributed by atoms with van der Waals surface area (Å²) in [6.07, 6.45) is -4.55. The molecule has 0 aliphatic heterocycles. The molecule has 0 unspecified atom stereocenters. The summed E-state index contributed by atoms with van der Waals surface area (Å²) in [5.41, 5.74) is 0.507. The minimum atomic E-state index is -4.55. The zero-order valence-corrected chi connectivity index (χ0v) is 18.7. The van der Waals surface area contributed by atoms with Crippen LogP contribution in [0.25, 0.3) is 0 Å². The lowest BCUT2D eigenvalue weighted by atomic mass is 10.1. The van der Waals surface area contributed by atoms with E-state index in [-0.39, 0.29) is 5.56 Å². The first-order valence-corrected chi connectivity index (χ1v) is 12.4. The molecule has 3 aromatic carbocycles. The lowest BCUT2D eigenvalue weighted by molar-refractivity contribution is -0.479. The van der Waals surface area contributed by atoms with Crippen LogP contribution in [-0.2, 0) is 18.0 Å². The van der Waals surface area contributed by atoms with E-state index >= 15 is 0 Å². The monoisotopic (exact) mass is 463 g/mol. The van der Waals surface area contributed by atoms with Crippen LogP contribution in [0.3, 0.4) is 0 Å². The standard InChI is InChI=1S/C23H21F3NO2PS/c1-16-6-10-20(11-7-16)30(31,21-12-8-17(2)9-13-21)22(15-27(28)29)18-4-3-5-19(14-18)23(24,25)26/h3-14,22H,15H2,1-2H3/t22-/m0/s1. The second-order valence-electron chi connectivity index (χ2n) is 7.48. The van der Waals surface area contributed by atoms with Crippen molar-refractivity contribution in [2.75, 3.05) is 6.54 Å². The number of hydrogen-bond acceptors (Lipinski definition) is 3. The molecule has 0 saturated carbocycles. The molecule has 0 bridgehead atoms. The predicted molar refractivity (Wildman–Crippen MR) is 122 cm³/mol. The summed E-state index contributed by atoms with van der Waals surface area (Å²) < 4.78 is 40.1. The first-order valence-electron chi connectivity index (χ1n) is 9.55. The largest absolute Gasteiger partial charge is 0.416 e. The highest BCUT2D eigenvalue weighted by molar-refractivity contribution is 8.22. The number of nitro groups is 1. The van der Waals surface area contributed by atoms with Gasteiger partial charge in [0.05, 0.1) is 11.2 Å². The molecule has 31 heavy (non-hydrogen) atoms. The van der Waals surface area contributed by atoms with E-state index in [4.69, 9.17) is 11.8 Å². The van der Waals surface area contributed by atoms with E-state index in [1.165, 1.54) is 12.1 Å². The third kappa shape index (κ3) is 5.05. The van der Waals surface area contributed by atoms with Gasteiger partial charge in [-0.3, -0.25) is 10.1 Å². The highest BCUT2D eigenvalue weighted by atomic mass is 32.4. The van der Waals surface area contributed by atoms with Crippen LogP contribution in [0.15, 0.2) is 72.8 Å². The first kappa shape index (κ1) is 23.2. The van der Waals surface area contributed by atoms with Gasteiger partial charge in [-0.15, -0.1) is 0 Å². The smallest absolute Gasteiger partial charge is 0.265 e. The second kappa shape index (κ2) is 8.93. The van der Waals surface area contributed by atoms with Crippen molar-refractivity contribution in [3.05, 3.63) is 105 Å². The van der Waals surface area contributed by atoms with Crippen LogP contribution in [0.1, 0.15) is 27.9 Å². The van der Waals surface area contributed by atoms with E-state index in [2.05, 4.69) is 0 Å². The minimum Gasteiger partial charge on any atom is -0.265 e. The Morgan fingerprint density at radius 1 is 0.935 bits per heavy atom. The molecule has 3 rings (SSSR count). The van der Waals surface area contributed by atoms with Gasteiger partial charge in [-0.2, -0.15) is 13.2 Å². The van der Waals surface area contributed by atoms with E-state index in [1.54, 1.807) is 0 Å². The van der Waals surface area contributed by atoms with Crippen LogP contribution in [0.2, 0.25) is 0 Å². The maximum absolute atomic E-state index is 13.4. The zero-order valence-electron chi connectivity index (χ0n) is 17.0. The number of alkyl halides is 3. The molecule has 0 aromatic heterocycles.